The third-order valence-electron chi connectivity index (χ3n) is 3.00. The molecule has 108 valence electrons. The molecule has 1 aromatic rings. The van der Waals surface area contributed by atoms with Crippen molar-refractivity contribution in [3.05, 3.63) is 29.6 Å². The normalized spacial score (nSPS) is 12.4. The zero-order chi connectivity index (χ0) is 14.1. The average molecular weight is 269 g/mol. The summed E-state index contributed by atoms with van der Waals surface area (Å²) in [5.74, 6) is 0.332. The lowest BCUT2D eigenvalue weighted by Crippen LogP contribution is -2.24. The van der Waals surface area contributed by atoms with Crippen LogP contribution in [-0.2, 0) is 4.74 Å². The molecule has 0 saturated heterocycles. The van der Waals surface area contributed by atoms with Crippen LogP contribution in [0.2, 0.25) is 0 Å². The summed E-state index contributed by atoms with van der Waals surface area (Å²) in [5.41, 5.74) is 0.568. The molecule has 19 heavy (non-hydrogen) atoms. The predicted molar refractivity (Wildman–Crippen MR) is 75.1 cm³/mol. The largest absolute Gasteiger partial charge is 0.496 e. The standard InChI is InChI=1S/C15H24FNO2/c1-4-5-10-19-11-9-17-12(2)15-13(16)7-6-8-14(15)18-3/h6-8,12,17H,4-5,9-11H2,1-3H3. The lowest BCUT2D eigenvalue weighted by atomic mass is 10.1. The molecular formula is C15H24FNO2. The van der Waals surface area contributed by atoms with Crippen molar-refractivity contribution in [3.8, 4) is 5.75 Å². The highest BCUT2D eigenvalue weighted by Crippen LogP contribution is 2.27. The van der Waals surface area contributed by atoms with Crippen LogP contribution in [0.1, 0.15) is 38.3 Å². The molecule has 0 saturated carbocycles. The summed E-state index contributed by atoms with van der Waals surface area (Å²) in [6.45, 7) is 6.18. The molecule has 4 heteroatoms. The molecule has 0 fully saturated rings. The molecule has 0 spiro atoms. The molecule has 1 unspecified atom stereocenters. The molecule has 0 radical (unpaired) electrons. The number of benzene rings is 1. The quantitative estimate of drug-likeness (QED) is 0.698. The molecule has 1 atom stereocenters. The Balaban J connectivity index is 2.43. The fourth-order valence-corrected chi connectivity index (χ4v) is 1.91. The van der Waals surface area contributed by atoms with Gasteiger partial charge in [-0.05, 0) is 25.5 Å². The van der Waals surface area contributed by atoms with E-state index in [1.54, 1.807) is 19.2 Å². The first kappa shape index (κ1) is 15.9. The zero-order valence-corrected chi connectivity index (χ0v) is 12.0. The Bertz CT molecular complexity index is 371. The van der Waals surface area contributed by atoms with E-state index < -0.39 is 0 Å². The van der Waals surface area contributed by atoms with Gasteiger partial charge in [0.2, 0.25) is 0 Å². The van der Waals surface area contributed by atoms with Crippen LogP contribution in [0.3, 0.4) is 0 Å². The summed E-state index contributed by atoms with van der Waals surface area (Å²) < 4.78 is 24.5. The van der Waals surface area contributed by atoms with Crippen molar-refractivity contribution in [2.75, 3.05) is 26.9 Å². The topological polar surface area (TPSA) is 30.5 Å². The number of methoxy groups -OCH3 is 1. The summed E-state index contributed by atoms with van der Waals surface area (Å²) in [4.78, 5) is 0. The van der Waals surface area contributed by atoms with Crippen molar-refractivity contribution in [2.45, 2.75) is 32.7 Å². The maximum Gasteiger partial charge on any atom is 0.131 e. The number of hydrogen-bond donors (Lipinski definition) is 1. The van der Waals surface area contributed by atoms with E-state index in [1.807, 2.05) is 6.92 Å². The summed E-state index contributed by atoms with van der Waals surface area (Å²) in [6, 6.07) is 4.77. The van der Waals surface area contributed by atoms with Gasteiger partial charge >= 0.3 is 0 Å². The van der Waals surface area contributed by atoms with Gasteiger partial charge in [-0.1, -0.05) is 19.4 Å². The molecule has 1 aromatic carbocycles. The fraction of sp³-hybridized carbons (Fsp3) is 0.600. The van der Waals surface area contributed by atoms with Crippen molar-refractivity contribution in [3.63, 3.8) is 0 Å². The first-order chi connectivity index (χ1) is 9.20. The molecule has 0 aliphatic heterocycles. The van der Waals surface area contributed by atoms with Gasteiger partial charge in [0.25, 0.3) is 0 Å². The maximum atomic E-state index is 13.8. The van der Waals surface area contributed by atoms with E-state index in [2.05, 4.69) is 12.2 Å². The van der Waals surface area contributed by atoms with E-state index in [0.717, 1.165) is 19.4 Å². The minimum Gasteiger partial charge on any atom is -0.496 e. The highest BCUT2D eigenvalue weighted by atomic mass is 19.1. The summed E-state index contributed by atoms with van der Waals surface area (Å²) in [7, 11) is 1.55. The Morgan fingerprint density at radius 2 is 2.11 bits per heavy atom. The van der Waals surface area contributed by atoms with E-state index in [9.17, 15) is 4.39 Å². The molecule has 0 aliphatic carbocycles. The first-order valence-corrected chi connectivity index (χ1v) is 6.84. The summed E-state index contributed by atoms with van der Waals surface area (Å²) >= 11 is 0. The van der Waals surface area contributed by atoms with Crippen LogP contribution in [0.15, 0.2) is 18.2 Å². The van der Waals surface area contributed by atoms with Crippen LogP contribution in [0.25, 0.3) is 0 Å². The van der Waals surface area contributed by atoms with Crippen LogP contribution >= 0.6 is 0 Å². The van der Waals surface area contributed by atoms with Gasteiger partial charge in [-0.25, -0.2) is 4.39 Å². The average Bonchev–Trinajstić information content (AvgIpc) is 2.42. The second kappa shape index (κ2) is 8.88. The number of ether oxygens (including phenoxy) is 2. The van der Waals surface area contributed by atoms with Crippen LogP contribution in [-0.4, -0.2) is 26.9 Å². The molecule has 0 amide bonds. The van der Waals surface area contributed by atoms with Gasteiger partial charge in [0.15, 0.2) is 0 Å². The van der Waals surface area contributed by atoms with Crippen molar-refractivity contribution in [2.24, 2.45) is 0 Å². The summed E-state index contributed by atoms with van der Waals surface area (Å²) in [6.07, 6.45) is 2.22. The van der Waals surface area contributed by atoms with E-state index in [-0.39, 0.29) is 11.9 Å². The second-order valence-electron chi connectivity index (χ2n) is 4.50. The Kier molecular flexibility index (Phi) is 7.45. The van der Waals surface area contributed by atoms with Crippen molar-refractivity contribution in [1.82, 2.24) is 5.32 Å². The maximum absolute atomic E-state index is 13.8. The predicted octanol–water partition coefficient (Wildman–Crippen LogP) is 3.30. The second-order valence-corrected chi connectivity index (χ2v) is 4.50. The fourth-order valence-electron chi connectivity index (χ4n) is 1.91. The van der Waals surface area contributed by atoms with E-state index in [4.69, 9.17) is 9.47 Å². The van der Waals surface area contributed by atoms with Crippen LogP contribution in [0.5, 0.6) is 5.75 Å². The molecule has 0 heterocycles. The van der Waals surface area contributed by atoms with Crippen molar-refractivity contribution in [1.29, 1.82) is 0 Å². The molecule has 3 nitrogen and oxygen atoms in total. The number of nitrogens with one attached hydrogen (secondary N) is 1. The SMILES string of the molecule is CCCCOCCNC(C)c1c(F)cccc1OC. The molecule has 1 N–H and O–H groups in total. The van der Waals surface area contributed by atoms with Gasteiger partial charge < -0.3 is 14.8 Å². The van der Waals surface area contributed by atoms with E-state index >= 15 is 0 Å². The van der Waals surface area contributed by atoms with Crippen LogP contribution in [0.4, 0.5) is 4.39 Å². The third-order valence-corrected chi connectivity index (χ3v) is 3.00. The monoisotopic (exact) mass is 269 g/mol. The van der Waals surface area contributed by atoms with Gasteiger partial charge in [-0.2, -0.15) is 0 Å². The smallest absolute Gasteiger partial charge is 0.131 e. The number of hydrogen-bond acceptors (Lipinski definition) is 3. The number of unbranched alkanes of at least 4 members (excludes halogenated alkanes) is 1. The van der Waals surface area contributed by atoms with E-state index in [0.29, 0.717) is 24.5 Å². The Morgan fingerprint density at radius 3 is 2.79 bits per heavy atom. The molecule has 0 aromatic heterocycles. The lowest BCUT2D eigenvalue weighted by Gasteiger charge is -2.18. The first-order valence-electron chi connectivity index (χ1n) is 6.84. The minimum absolute atomic E-state index is 0.106. The highest BCUT2D eigenvalue weighted by molar-refractivity contribution is 5.36. The number of rotatable bonds is 9. The lowest BCUT2D eigenvalue weighted by molar-refractivity contribution is 0.131. The van der Waals surface area contributed by atoms with Gasteiger partial charge in [0.05, 0.1) is 13.7 Å². The van der Waals surface area contributed by atoms with Crippen LogP contribution < -0.4 is 10.1 Å². The Labute approximate surface area is 115 Å². The van der Waals surface area contributed by atoms with Gasteiger partial charge in [0, 0.05) is 24.8 Å². The third kappa shape index (κ3) is 5.17. The van der Waals surface area contributed by atoms with Gasteiger partial charge in [-0.15, -0.1) is 0 Å². The van der Waals surface area contributed by atoms with E-state index in [1.165, 1.54) is 6.07 Å². The molecule has 1 rings (SSSR count). The minimum atomic E-state index is -0.244. The highest BCUT2D eigenvalue weighted by Gasteiger charge is 2.15. The van der Waals surface area contributed by atoms with Crippen LogP contribution in [0, 0.1) is 5.82 Å². The Hall–Kier alpha value is -1.13. The summed E-state index contributed by atoms with van der Waals surface area (Å²) in [5, 5.41) is 3.25. The van der Waals surface area contributed by atoms with Crippen molar-refractivity contribution >= 4 is 0 Å². The molecule has 0 bridgehead atoms. The molecule has 0 aliphatic rings. The van der Waals surface area contributed by atoms with Gasteiger partial charge in [-0.3, -0.25) is 0 Å². The molecular weight excluding hydrogens is 245 g/mol. The number of halogens is 1. The zero-order valence-electron chi connectivity index (χ0n) is 12.0. The van der Waals surface area contributed by atoms with Crippen molar-refractivity contribution < 1.29 is 13.9 Å². The van der Waals surface area contributed by atoms with Gasteiger partial charge in [0.1, 0.15) is 11.6 Å². The Morgan fingerprint density at radius 1 is 1.32 bits per heavy atom.